The zero-order valence-corrected chi connectivity index (χ0v) is 15.5. The second kappa shape index (κ2) is 6.62. The van der Waals surface area contributed by atoms with Crippen molar-refractivity contribution in [3.63, 3.8) is 0 Å². The number of aromatic amines is 1. The largest absolute Gasteiger partial charge is 0.309 e. The van der Waals surface area contributed by atoms with E-state index >= 15 is 0 Å². The number of aryl methyl sites for hydroxylation is 1. The Morgan fingerprint density at radius 1 is 1.36 bits per heavy atom. The fourth-order valence-corrected chi connectivity index (χ4v) is 4.05. The fourth-order valence-electron chi connectivity index (χ4n) is 2.35. The molecule has 1 N–H and O–H groups in total. The second-order valence-electron chi connectivity index (χ2n) is 5.35. The number of rotatable bonds is 4. The van der Waals surface area contributed by atoms with Crippen LogP contribution >= 0.6 is 34.7 Å². The molecule has 0 aliphatic rings. The first-order chi connectivity index (χ1) is 12.1. The number of H-pyrrole nitrogens is 1. The molecule has 0 saturated carbocycles. The van der Waals surface area contributed by atoms with Crippen LogP contribution < -0.4 is 5.56 Å². The molecule has 0 saturated heterocycles. The molecule has 0 amide bonds. The number of aromatic nitrogens is 5. The van der Waals surface area contributed by atoms with Crippen molar-refractivity contribution in [2.45, 2.75) is 17.8 Å². The van der Waals surface area contributed by atoms with E-state index in [1.807, 2.05) is 41.1 Å². The summed E-state index contributed by atoms with van der Waals surface area (Å²) in [7, 11) is 0. The summed E-state index contributed by atoms with van der Waals surface area (Å²) >= 11 is 9.05. The van der Waals surface area contributed by atoms with Crippen LogP contribution in [0.3, 0.4) is 0 Å². The van der Waals surface area contributed by atoms with Gasteiger partial charge in [-0.25, -0.2) is 4.98 Å². The maximum absolute atomic E-state index is 12.0. The van der Waals surface area contributed by atoms with Gasteiger partial charge in [-0.15, -0.1) is 21.5 Å². The molecule has 3 heterocycles. The highest BCUT2D eigenvalue weighted by Gasteiger charge is 2.11. The molecule has 0 aliphatic carbocycles. The topological polar surface area (TPSA) is 76.5 Å². The first-order valence-corrected chi connectivity index (χ1v) is 9.62. The summed E-state index contributed by atoms with van der Waals surface area (Å²) in [6.07, 6.45) is 1.64. The van der Waals surface area contributed by atoms with Crippen molar-refractivity contribution in [2.24, 2.45) is 0 Å². The van der Waals surface area contributed by atoms with E-state index in [0.29, 0.717) is 26.5 Å². The smallest absolute Gasteiger partial charge is 0.268 e. The molecule has 9 heteroatoms. The molecule has 25 heavy (non-hydrogen) atoms. The van der Waals surface area contributed by atoms with E-state index in [4.69, 9.17) is 11.6 Å². The summed E-state index contributed by atoms with van der Waals surface area (Å²) in [6, 6.07) is 7.64. The predicted octanol–water partition coefficient (Wildman–Crippen LogP) is 3.82. The Morgan fingerprint density at radius 3 is 3.08 bits per heavy atom. The molecule has 4 rings (SSSR count). The highest BCUT2D eigenvalue weighted by atomic mass is 35.5. The number of thioether (sulfide) groups is 1. The molecule has 0 fully saturated rings. The van der Waals surface area contributed by atoms with Crippen molar-refractivity contribution in [1.82, 2.24) is 24.7 Å². The van der Waals surface area contributed by atoms with E-state index in [0.717, 1.165) is 16.8 Å². The van der Waals surface area contributed by atoms with Crippen molar-refractivity contribution in [2.75, 3.05) is 0 Å². The van der Waals surface area contributed by atoms with Gasteiger partial charge in [-0.1, -0.05) is 29.4 Å². The monoisotopic (exact) mass is 389 g/mol. The summed E-state index contributed by atoms with van der Waals surface area (Å²) in [6.45, 7) is 1.95. The minimum Gasteiger partial charge on any atom is -0.309 e. The summed E-state index contributed by atoms with van der Waals surface area (Å²) in [5, 5.41) is 11.4. The minimum atomic E-state index is -0.109. The number of hydrogen-bond acceptors (Lipinski definition) is 6. The van der Waals surface area contributed by atoms with Gasteiger partial charge >= 0.3 is 0 Å². The minimum absolute atomic E-state index is 0.109. The first-order valence-electron chi connectivity index (χ1n) is 7.37. The quantitative estimate of drug-likeness (QED) is 0.537. The van der Waals surface area contributed by atoms with Gasteiger partial charge in [0.05, 0.1) is 17.0 Å². The zero-order chi connectivity index (χ0) is 17.4. The van der Waals surface area contributed by atoms with Crippen LogP contribution in [0.25, 0.3) is 15.9 Å². The predicted molar refractivity (Wildman–Crippen MR) is 101 cm³/mol. The van der Waals surface area contributed by atoms with E-state index in [1.165, 1.54) is 23.1 Å². The highest BCUT2D eigenvalue weighted by Crippen LogP contribution is 2.25. The van der Waals surface area contributed by atoms with Crippen LogP contribution in [0.4, 0.5) is 0 Å². The van der Waals surface area contributed by atoms with Gasteiger partial charge in [-0.3, -0.25) is 9.36 Å². The molecule has 126 valence electrons. The molecule has 0 aliphatic heterocycles. The SMILES string of the molecule is Cc1ccc(-n2cnnc2SCc2nc3ccsc3c(=O)[nH]2)cc1Cl. The Hall–Kier alpha value is -2.16. The van der Waals surface area contributed by atoms with Crippen molar-refractivity contribution < 1.29 is 0 Å². The summed E-state index contributed by atoms with van der Waals surface area (Å²) in [5.74, 6) is 1.09. The molecular weight excluding hydrogens is 378 g/mol. The number of halogens is 1. The average Bonchev–Trinajstić information content (AvgIpc) is 3.24. The number of nitrogens with one attached hydrogen (secondary N) is 1. The number of benzene rings is 1. The van der Waals surface area contributed by atoms with Gasteiger partial charge < -0.3 is 4.98 Å². The maximum Gasteiger partial charge on any atom is 0.268 e. The molecular formula is C16H12ClN5OS2. The van der Waals surface area contributed by atoms with Crippen LogP contribution in [0.1, 0.15) is 11.4 Å². The molecule has 0 bridgehead atoms. The Kier molecular flexibility index (Phi) is 4.32. The molecule has 1 aromatic carbocycles. The lowest BCUT2D eigenvalue weighted by molar-refractivity contribution is 0.881. The zero-order valence-electron chi connectivity index (χ0n) is 13.1. The third-order valence-corrected chi connectivity index (χ3v) is 5.92. The molecule has 0 atom stereocenters. The first kappa shape index (κ1) is 16.3. The number of hydrogen-bond donors (Lipinski definition) is 1. The van der Waals surface area contributed by atoms with E-state index in [1.54, 1.807) is 6.33 Å². The summed E-state index contributed by atoms with van der Waals surface area (Å²) < 4.78 is 2.50. The lowest BCUT2D eigenvalue weighted by Crippen LogP contribution is -2.09. The van der Waals surface area contributed by atoms with Crippen LogP contribution in [-0.2, 0) is 5.75 Å². The van der Waals surface area contributed by atoms with Gasteiger partial charge in [0.15, 0.2) is 5.16 Å². The summed E-state index contributed by atoms with van der Waals surface area (Å²) in [5.41, 5.74) is 2.51. The van der Waals surface area contributed by atoms with E-state index in [-0.39, 0.29) is 5.56 Å². The highest BCUT2D eigenvalue weighted by molar-refractivity contribution is 7.98. The van der Waals surface area contributed by atoms with Gasteiger partial charge in [0, 0.05) is 5.02 Å². The maximum atomic E-state index is 12.0. The van der Waals surface area contributed by atoms with Gasteiger partial charge in [0.25, 0.3) is 5.56 Å². The van der Waals surface area contributed by atoms with E-state index in [9.17, 15) is 4.79 Å². The molecule has 0 radical (unpaired) electrons. The lowest BCUT2D eigenvalue weighted by atomic mass is 10.2. The van der Waals surface area contributed by atoms with E-state index < -0.39 is 0 Å². The van der Waals surface area contributed by atoms with Crippen LogP contribution in [0, 0.1) is 6.92 Å². The molecule has 4 aromatic rings. The van der Waals surface area contributed by atoms with Crippen LogP contribution in [-0.4, -0.2) is 24.7 Å². The second-order valence-corrected chi connectivity index (χ2v) is 7.62. The normalized spacial score (nSPS) is 11.3. The average molecular weight is 390 g/mol. The van der Waals surface area contributed by atoms with Crippen molar-refractivity contribution in [3.8, 4) is 5.69 Å². The van der Waals surface area contributed by atoms with E-state index in [2.05, 4.69) is 20.2 Å². The van der Waals surface area contributed by atoms with Crippen molar-refractivity contribution >= 4 is 44.9 Å². The molecule has 6 nitrogen and oxygen atoms in total. The number of fused-ring (bicyclic) bond motifs is 1. The summed E-state index contributed by atoms with van der Waals surface area (Å²) in [4.78, 5) is 19.3. The van der Waals surface area contributed by atoms with Gasteiger partial charge in [-0.05, 0) is 36.1 Å². The fraction of sp³-hybridized carbons (Fsp3) is 0.125. The Balaban J connectivity index is 1.60. The van der Waals surface area contributed by atoms with Gasteiger partial charge in [0.1, 0.15) is 16.9 Å². The van der Waals surface area contributed by atoms with Gasteiger partial charge in [-0.2, -0.15) is 0 Å². The molecule has 0 unspecified atom stereocenters. The standard InChI is InChI=1S/C16H12ClN5OS2/c1-9-2-3-10(6-11(9)17)22-8-18-21-16(22)25-7-13-19-12-4-5-24-14(12)15(23)20-13/h2-6,8H,7H2,1H3,(H,19,20,23). The Morgan fingerprint density at radius 2 is 2.24 bits per heavy atom. The third kappa shape index (κ3) is 3.20. The third-order valence-electron chi connectivity index (χ3n) is 3.65. The molecule has 0 spiro atoms. The number of nitrogens with zero attached hydrogens (tertiary/aromatic N) is 4. The van der Waals surface area contributed by atoms with Crippen LogP contribution in [0.2, 0.25) is 5.02 Å². The number of thiophene rings is 1. The molecule has 3 aromatic heterocycles. The van der Waals surface area contributed by atoms with Gasteiger partial charge in [0.2, 0.25) is 0 Å². The van der Waals surface area contributed by atoms with Crippen LogP contribution in [0.15, 0.2) is 45.9 Å². The van der Waals surface area contributed by atoms with Crippen molar-refractivity contribution in [1.29, 1.82) is 0 Å². The van der Waals surface area contributed by atoms with Crippen LogP contribution in [0.5, 0.6) is 0 Å². The Labute approximate surface area is 155 Å². The Bertz CT molecular complexity index is 1120. The lowest BCUT2D eigenvalue weighted by Gasteiger charge is -2.07. The van der Waals surface area contributed by atoms with Crippen molar-refractivity contribution in [3.05, 3.63) is 62.7 Å².